The van der Waals surface area contributed by atoms with Gasteiger partial charge in [-0.25, -0.2) is 4.68 Å². The van der Waals surface area contributed by atoms with Gasteiger partial charge in [-0.2, -0.15) is 5.10 Å². The Morgan fingerprint density at radius 3 is 2.83 bits per heavy atom. The predicted octanol–water partition coefficient (Wildman–Crippen LogP) is 1.79. The van der Waals surface area contributed by atoms with Gasteiger partial charge in [-0.1, -0.05) is 11.3 Å². The minimum absolute atomic E-state index is 0.769. The normalized spacial score (nSPS) is 10.5. The molecule has 2 heterocycles. The Bertz CT molecular complexity index is 355. The van der Waals surface area contributed by atoms with Crippen molar-refractivity contribution in [2.45, 2.75) is 6.92 Å². The molecule has 0 aromatic carbocycles. The highest BCUT2D eigenvalue weighted by Crippen LogP contribution is 2.18. The van der Waals surface area contributed by atoms with Crippen molar-refractivity contribution in [2.24, 2.45) is 0 Å². The molecule has 0 bridgehead atoms. The Hall–Kier alpha value is -0.750. The van der Waals surface area contributed by atoms with Crippen molar-refractivity contribution >= 4 is 27.3 Å². The van der Waals surface area contributed by atoms with Crippen LogP contribution in [0.25, 0.3) is 5.13 Å². The number of aromatic nitrogens is 4. The molecule has 0 saturated carbocycles. The molecule has 0 aliphatic rings. The largest absolute Gasteiger partial charge is 0.233 e. The Morgan fingerprint density at radius 1 is 1.50 bits per heavy atom. The smallest absolute Gasteiger partial charge is 0.212 e. The summed E-state index contributed by atoms with van der Waals surface area (Å²) >= 11 is 4.69. The van der Waals surface area contributed by atoms with Gasteiger partial charge >= 0.3 is 0 Å². The van der Waals surface area contributed by atoms with Crippen LogP contribution in [0.2, 0.25) is 0 Å². The third-order valence-corrected chi connectivity index (χ3v) is 2.64. The van der Waals surface area contributed by atoms with Crippen molar-refractivity contribution < 1.29 is 0 Å². The Morgan fingerprint density at radius 2 is 2.33 bits per heavy atom. The minimum atomic E-state index is 0.769. The monoisotopic (exact) mass is 244 g/mol. The lowest BCUT2D eigenvalue weighted by atomic mass is 10.4. The van der Waals surface area contributed by atoms with Gasteiger partial charge in [0.1, 0.15) is 0 Å². The van der Waals surface area contributed by atoms with E-state index in [-0.39, 0.29) is 0 Å². The molecule has 62 valence electrons. The molecule has 12 heavy (non-hydrogen) atoms. The van der Waals surface area contributed by atoms with Gasteiger partial charge in [0.2, 0.25) is 5.13 Å². The summed E-state index contributed by atoms with van der Waals surface area (Å²) in [5, 5.41) is 12.6. The molecule has 0 fully saturated rings. The zero-order chi connectivity index (χ0) is 8.55. The standard InChI is InChI=1S/C6H5BrN4S/c1-4-2-8-11(3-4)6-10-9-5(7)12-6/h2-3H,1H3. The van der Waals surface area contributed by atoms with E-state index in [9.17, 15) is 0 Å². The molecule has 0 atom stereocenters. The molecular weight excluding hydrogens is 240 g/mol. The van der Waals surface area contributed by atoms with Gasteiger partial charge in [0, 0.05) is 6.20 Å². The third-order valence-electron chi connectivity index (χ3n) is 1.30. The quantitative estimate of drug-likeness (QED) is 0.769. The van der Waals surface area contributed by atoms with E-state index in [0.717, 1.165) is 14.6 Å². The first-order chi connectivity index (χ1) is 5.75. The highest BCUT2D eigenvalue weighted by molar-refractivity contribution is 9.11. The number of hydrogen-bond donors (Lipinski definition) is 0. The van der Waals surface area contributed by atoms with Crippen LogP contribution in [0.1, 0.15) is 5.56 Å². The summed E-state index contributed by atoms with van der Waals surface area (Å²) in [4.78, 5) is 0. The topological polar surface area (TPSA) is 43.6 Å². The third kappa shape index (κ3) is 1.39. The first-order valence-corrected chi connectivity index (χ1v) is 4.87. The summed E-state index contributed by atoms with van der Waals surface area (Å²) in [6, 6.07) is 0. The van der Waals surface area contributed by atoms with Gasteiger partial charge in [-0.3, -0.25) is 0 Å². The first-order valence-electron chi connectivity index (χ1n) is 3.26. The van der Waals surface area contributed by atoms with E-state index in [1.807, 2.05) is 13.1 Å². The molecule has 0 amide bonds. The first kappa shape index (κ1) is 7.88. The average molecular weight is 245 g/mol. The maximum Gasteiger partial charge on any atom is 0.233 e. The van der Waals surface area contributed by atoms with Crippen LogP contribution in [0, 0.1) is 6.92 Å². The number of halogens is 1. The van der Waals surface area contributed by atoms with Crippen LogP contribution in [-0.4, -0.2) is 20.0 Å². The molecule has 2 aromatic heterocycles. The van der Waals surface area contributed by atoms with Crippen molar-refractivity contribution in [3.8, 4) is 5.13 Å². The molecular formula is C6H5BrN4S. The van der Waals surface area contributed by atoms with Crippen LogP contribution in [0.3, 0.4) is 0 Å². The predicted molar refractivity (Wildman–Crippen MR) is 49.5 cm³/mol. The summed E-state index contributed by atoms with van der Waals surface area (Å²) in [5.74, 6) is 0. The van der Waals surface area contributed by atoms with Gasteiger partial charge in [-0.15, -0.1) is 10.2 Å². The van der Waals surface area contributed by atoms with E-state index in [1.54, 1.807) is 10.9 Å². The van der Waals surface area contributed by atoms with E-state index in [2.05, 4.69) is 31.2 Å². The van der Waals surface area contributed by atoms with Gasteiger partial charge in [-0.05, 0) is 28.4 Å². The summed E-state index contributed by atoms with van der Waals surface area (Å²) < 4.78 is 2.48. The summed E-state index contributed by atoms with van der Waals surface area (Å²) in [6.45, 7) is 1.99. The molecule has 4 nitrogen and oxygen atoms in total. The molecule has 2 aromatic rings. The number of rotatable bonds is 1. The molecule has 0 aliphatic carbocycles. The second kappa shape index (κ2) is 2.95. The molecule has 0 radical (unpaired) electrons. The van der Waals surface area contributed by atoms with E-state index in [0.29, 0.717) is 0 Å². The van der Waals surface area contributed by atoms with Crippen LogP contribution in [0.15, 0.2) is 16.3 Å². The second-order valence-corrected chi connectivity index (χ2v) is 4.53. The average Bonchev–Trinajstić information content (AvgIpc) is 2.58. The highest BCUT2D eigenvalue weighted by Gasteiger charge is 2.03. The van der Waals surface area contributed by atoms with E-state index < -0.39 is 0 Å². The highest BCUT2D eigenvalue weighted by atomic mass is 79.9. The molecule has 6 heteroatoms. The lowest BCUT2D eigenvalue weighted by Gasteiger charge is -1.89. The van der Waals surface area contributed by atoms with E-state index in [4.69, 9.17) is 0 Å². The van der Waals surface area contributed by atoms with Crippen molar-refractivity contribution in [3.05, 3.63) is 21.9 Å². The molecule has 0 unspecified atom stereocenters. The van der Waals surface area contributed by atoms with E-state index in [1.165, 1.54) is 11.3 Å². The maximum atomic E-state index is 4.10. The van der Waals surface area contributed by atoms with Crippen LogP contribution < -0.4 is 0 Å². The summed E-state index contributed by atoms with van der Waals surface area (Å²) in [7, 11) is 0. The Kier molecular flexibility index (Phi) is 1.93. The maximum absolute atomic E-state index is 4.10. The fourth-order valence-corrected chi connectivity index (χ4v) is 1.83. The van der Waals surface area contributed by atoms with Crippen molar-refractivity contribution in [2.75, 3.05) is 0 Å². The number of aryl methyl sites for hydroxylation is 1. The van der Waals surface area contributed by atoms with Crippen molar-refractivity contribution in [3.63, 3.8) is 0 Å². The molecule has 0 N–H and O–H groups in total. The molecule has 0 aliphatic heterocycles. The van der Waals surface area contributed by atoms with E-state index >= 15 is 0 Å². The van der Waals surface area contributed by atoms with Gasteiger partial charge in [0.25, 0.3) is 0 Å². The van der Waals surface area contributed by atoms with Gasteiger partial charge < -0.3 is 0 Å². The van der Waals surface area contributed by atoms with Gasteiger partial charge in [0.15, 0.2) is 3.92 Å². The Balaban J connectivity index is 2.43. The number of nitrogens with zero attached hydrogens (tertiary/aromatic N) is 4. The zero-order valence-electron chi connectivity index (χ0n) is 6.23. The van der Waals surface area contributed by atoms with Crippen LogP contribution in [0.5, 0.6) is 0 Å². The van der Waals surface area contributed by atoms with Gasteiger partial charge in [0.05, 0.1) is 6.20 Å². The van der Waals surface area contributed by atoms with Crippen molar-refractivity contribution in [1.29, 1.82) is 0 Å². The van der Waals surface area contributed by atoms with Crippen molar-refractivity contribution in [1.82, 2.24) is 20.0 Å². The summed E-state index contributed by atoms with van der Waals surface area (Å²) in [6.07, 6.45) is 3.70. The lowest BCUT2D eigenvalue weighted by Crippen LogP contribution is -1.92. The zero-order valence-corrected chi connectivity index (χ0v) is 8.63. The molecule has 0 spiro atoms. The van der Waals surface area contributed by atoms with Crippen LogP contribution in [-0.2, 0) is 0 Å². The second-order valence-electron chi connectivity index (χ2n) is 2.30. The Labute approximate surface area is 81.4 Å². The molecule has 0 saturated heterocycles. The van der Waals surface area contributed by atoms with Crippen LogP contribution >= 0.6 is 27.3 Å². The fraction of sp³-hybridized carbons (Fsp3) is 0.167. The minimum Gasteiger partial charge on any atom is -0.212 e. The summed E-state index contributed by atoms with van der Waals surface area (Å²) in [5.41, 5.74) is 1.11. The fourth-order valence-electron chi connectivity index (χ4n) is 0.808. The SMILES string of the molecule is Cc1cnn(-c2nnc(Br)s2)c1. The van der Waals surface area contributed by atoms with Crippen LogP contribution in [0.4, 0.5) is 0 Å². The lowest BCUT2D eigenvalue weighted by molar-refractivity contribution is 0.844. The number of hydrogen-bond acceptors (Lipinski definition) is 4. The molecule has 2 rings (SSSR count).